The number of aliphatic hydroxyl groups excluding tert-OH is 6. The standard InChI is InChI=1S/C41H42O23/c1-57-22-7-15(8-23(58-2)31(22)50)3-6-28(48)59-13-25-32(51)34(53)36(55)40(61-25)30-21(45)11-19(43)17-10-24(38(64-39(17)30)16-4-5-18(42)20(44)9-16)62-41-37(56)35(54)33(52)26(63-41)14-60-29(49)12-27(46)47/h3-11,25-26,32-37,40-41,51-56H,12-14H2,1-2H3,(H5-,42,43,44,45,46,47,48,50)/p+1/t25-,26-,32-,33-,34+,35+,36-,37-,40+,41-/m1/s1. The van der Waals surface area contributed by atoms with Crippen molar-refractivity contribution in [2.75, 3.05) is 27.4 Å². The maximum atomic E-state index is 12.8. The summed E-state index contributed by atoms with van der Waals surface area (Å²) < 4.78 is 43.9. The van der Waals surface area contributed by atoms with Crippen LogP contribution in [0.2, 0.25) is 0 Å². The number of carboxylic acids is 1. The van der Waals surface area contributed by atoms with E-state index in [1.165, 1.54) is 38.5 Å². The highest BCUT2D eigenvalue weighted by atomic mass is 16.7. The predicted molar refractivity (Wildman–Crippen MR) is 210 cm³/mol. The zero-order chi connectivity index (χ0) is 46.7. The minimum atomic E-state index is -2.04. The molecule has 3 aromatic carbocycles. The first-order valence-corrected chi connectivity index (χ1v) is 18.9. The Kier molecular flexibility index (Phi) is 14.2. The van der Waals surface area contributed by atoms with Crippen molar-refractivity contribution in [2.24, 2.45) is 0 Å². The summed E-state index contributed by atoms with van der Waals surface area (Å²) in [5, 5.41) is 127. The summed E-state index contributed by atoms with van der Waals surface area (Å²) in [7, 11) is 2.61. The molecule has 2 saturated heterocycles. The van der Waals surface area contributed by atoms with Gasteiger partial charge in [0.25, 0.3) is 0 Å². The lowest BCUT2D eigenvalue weighted by Gasteiger charge is -2.40. The second kappa shape index (κ2) is 19.4. The van der Waals surface area contributed by atoms with Crippen LogP contribution >= 0.6 is 0 Å². The molecule has 0 aliphatic carbocycles. The fraction of sp³-hybridized carbons (Fsp3) is 0.366. The number of carbonyl (C=O) groups is 3. The van der Waals surface area contributed by atoms with Crippen LogP contribution in [0.3, 0.4) is 0 Å². The van der Waals surface area contributed by atoms with Crippen LogP contribution in [0.4, 0.5) is 0 Å². The zero-order valence-electron chi connectivity index (χ0n) is 33.4. The van der Waals surface area contributed by atoms with E-state index in [1.54, 1.807) is 0 Å². The number of phenolic OH excluding ortho intramolecular Hbond substituents is 5. The van der Waals surface area contributed by atoms with Crippen LogP contribution < -0.4 is 14.2 Å². The molecule has 2 fully saturated rings. The number of ether oxygens (including phenoxy) is 7. The number of fused-ring (bicyclic) bond motifs is 1. The number of benzene rings is 3. The number of aliphatic hydroxyl groups is 6. The third kappa shape index (κ3) is 9.75. The molecular formula is C41H43O23+. The summed E-state index contributed by atoms with van der Waals surface area (Å²) in [4.78, 5) is 35.6. The molecule has 0 bridgehead atoms. The maximum absolute atomic E-state index is 12.8. The van der Waals surface area contributed by atoms with E-state index in [0.29, 0.717) is 5.56 Å². The maximum Gasteiger partial charge on any atom is 0.402 e. The SMILES string of the molecule is COc1cc(/C=C/C(=O)OC[C@H]2O[C@@H](c3c(O)cc(O)c4cc(O[C@@H]5O[C@H](COC(=O)CC(=O)O)[C@@H](O)[C@H](O)[C@H]5O)c(-c5ccc(O)c(O)c5)[o+]c34)[C@H](O)[C@@H](O)[C@@H]2O)cc(OC)c1O. The number of carboxylic acid groups (broad SMARTS) is 1. The van der Waals surface area contributed by atoms with Gasteiger partial charge in [-0.1, -0.05) is 0 Å². The molecule has 0 unspecified atom stereocenters. The topological polar surface area (TPSA) is 370 Å². The number of hydrogen-bond donors (Lipinski definition) is 12. The lowest BCUT2D eigenvalue weighted by atomic mass is 9.89. The molecule has 0 radical (unpaired) electrons. The van der Waals surface area contributed by atoms with Gasteiger partial charge < -0.3 is 94.4 Å². The number of aliphatic carboxylic acids is 1. The van der Waals surface area contributed by atoms with Crippen molar-refractivity contribution >= 4 is 35.0 Å². The van der Waals surface area contributed by atoms with Gasteiger partial charge in [0.05, 0.1) is 19.8 Å². The Hall–Kier alpha value is -6.70. The van der Waals surface area contributed by atoms with Crippen molar-refractivity contribution in [2.45, 2.75) is 67.6 Å². The molecule has 0 saturated carbocycles. The molecular weight excluding hydrogens is 860 g/mol. The normalized spacial score (nSPS) is 25.8. The Labute approximate surface area is 359 Å². The van der Waals surface area contributed by atoms with Crippen LogP contribution in [0.1, 0.15) is 23.7 Å². The van der Waals surface area contributed by atoms with Gasteiger partial charge in [0.1, 0.15) is 97.0 Å². The first-order valence-electron chi connectivity index (χ1n) is 18.9. The second-order valence-corrected chi connectivity index (χ2v) is 14.4. The monoisotopic (exact) mass is 903 g/mol. The fourth-order valence-corrected chi connectivity index (χ4v) is 6.83. The summed E-state index contributed by atoms with van der Waals surface area (Å²) in [6.07, 6.45) is -17.6. The Balaban J connectivity index is 1.34. The molecule has 23 nitrogen and oxygen atoms in total. The minimum Gasteiger partial charge on any atom is -0.507 e. The van der Waals surface area contributed by atoms with Gasteiger partial charge in [-0.25, -0.2) is 9.21 Å². The van der Waals surface area contributed by atoms with E-state index in [-0.39, 0.29) is 28.2 Å². The van der Waals surface area contributed by atoms with Gasteiger partial charge >= 0.3 is 29.3 Å². The molecule has 64 heavy (non-hydrogen) atoms. The first kappa shape index (κ1) is 46.8. The highest BCUT2D eigenvalue weighted by Crippen LogP contribution is 2.48. The molecule has 0 spiro atoms. The number of phenols is 5. The van der Waals surface area contributed by atoms with Crippen molar-refractivity contribution in [1.29, 1.82) is 0 Å². The summed E-state index contributed by atoms with van der Waals surface area (Å²) >= 11 is 0. The first-order chi connectivity index (χ1) is 30.3. The lowest BCUT2D eigenvalue weighted by molar-refractivity contribution is -0.278. The average Bonchev–Trinajstić information content (AvgIpc) is 3.25. The minimum absolute atomic E-state index is 0.0442. The quantitative estimate of drug-likeness (QED) is 0.0259. The van der Waals surface area contributed by atoms with E-state index in [0.717, 1.165) is 30.3 Å². The van der Waals surface area contributed by atoms with Crippen LogP contribution in [0.25, 0.3) is 28.4 Å². The van der Waals surface area contributed by atoms with Crippen LogP contribution in [-0.4, -0.2) is 162 Å². The van der Waals surface area contributed by atoms with Gasteiger partial charge in [-0.3, -0.25) is 9.59 Å². The average molecular weight is 904 g/mol. The second-order valence-electron chi connectivity index (χ2n) is 14.4. The van der Waals surface area contributed by atoms with Crippen molar-refractivity contribution in [3.05, 3.63) is 59.7 Å². The van der Waals surface area contributed by atoms with Crippen molar-refractivity contribution in [3.8, 4) is 57.3 Å². The van der Waals surface area contributed by atoms with Crippen LogP contribution in [0.15, 0.2) is 53.0 Å². The summed E-state index contributed by atoms with van der Waals surface area (Å²) in [6, 6.07) is 7.86. The summed E-state index contributed by atoms with van der Waals surface area (Å²) in [6.45, 7) is -1.55. The van der Waals surface area contributed by atoms with Gasteiger partial charge in [0, 0.05) is 24.3 Å². The number of carbonyl (C=O) groups excluding carboxylic acids is 2. The molecule has 3 heterocycles. The van der Waals surface area contributed by atoms with Gasteiger partial charge in [0.2, 0.25) is 17.8 Å². The van der Waals surface area contributed by atoms with Crippen LogP contribution in [-0.2, 0) is 33.3 Å². The molecule has 23 heteroatoms. The largest absolute Gasteiger partial charge is 0.507 e. The van der Waals surface area contributed by atoms with Crippen molar-refractivity contribution in [1.82, 2.24) is 0 Å². The Morgan fingerprint density at radius 1 is 0.688 bits per heavy atom. The van der Waals surface area contributed by atoms with Gasteiger partial charge in [-0.05, 0) is 35.9 Å². The van der Waals surface area contributed by atoms with E-state index in [1.807, 2.05) is 0 Å². The van der Waals surface area contributed by atoms with Gasteiger partial charge in [0.15, 0.2) is 23.0 Å². The van der Waals surface area contributed by atoms with Gasteiger partial charge in [-0.2, -0.15) is 0 Å². The molecule has 344 valence electrons. The van der Waals surface area contributed by atoms with E-state index >= 15 is 0 Å². The third-order valence-electron chi connectivity index (χ3n) is 10.2. The van der Waals surface area contributed by atoms with E-state index in [2.05, 4.69) is 0 Å². The Bertz CT molecular complexity index is 2390. The lowest BCUT2D eigenvalue weighted by Crippen LogP contribution is -2.60. The fourth-order valence-electron chi connectivity index (χ4n) is 6.83. The molecule has 10 atom stereocenters. The van der Waals surface area contributed by atoms with Crippen molar-refractivity contribution in [3.63, 3.8) is 0 Å². The molecule has 2 aliphatic heterocycles. The van der Waals surface area contributed by atoms with Crippen LogP contribution in [0, 0.1) is 0 Å². The zero-order valence-corrected chi connectivity index (χ0v) is 33.4. The molecule has 12 N–H and O–H groups in total. The molecule has 6 rings (SSSR count). The molecule has 2 aliphatic rings. The number of esters is 2. The number of hydrogen-bond acceptors (Lipinski definition) is 21. The molecule has 0 amide bonds. The number of aromatic hydroxyl groups is 5. The van der Waals surface area contributed by atoms with Gasteiger partial charge in [-0.15, -0.1) is 0 Å². The smallest absolute Gasteiger partial charge is 0.402 e. The van der Waals surface area contributed by atoms with Crippen LogP contribution in [0.5, 0.6) is 46.0 Å². The highest BCUT2D eigenvalue weighted by Gasteiger charge is 2.49. The van der Waals surface area contributed by atoms with E-state index < -0.39 is 144 Å². The highest BCUT2D eigenvalue weighted by molar-refractivity contribution is 5.92. The van der Waals surface area contributed by atoms with E-state index in [4.69, 9.17) is 42.7 Å². The Morgan fingerprint density at radius 3 is 1.94 bits per heavy atom. The molecule has 1 aromatic heterocycles. The summed E-state index contributed by atoms with van der Waals surface area (Å²) in [5.74, 6) is -7.56. The third-order valence-corrected chi connectivity index (χ3v) is 10.2. The Morgan fingerprint density at radius 2 is 1.31 bits per heavy atom. The predicted octanol–water partition coefficient (Wildman–Crippen LogP) is -0.0904. The van der Waals surface area contributed by atoms with E-state index in [9.17, 15) is 70.6 Å². The summed E-state index contributed by atoms with van der Waals surface area (Å²) in [5.41, 5.74) is -0.690. The number of methoxy groups -OCH3 is 2. The number of rotatable bonds is 14. The van der Waals surface area contributed by atoms with Crippen molar-refractivity contribution < 1.29 is 113 Å². The molecule has 4 aromatic rings.